The zero-order valence-corrected chi connectivity index (χ0v) is 13.8. The van der Waals surface area contributed by atoms with Gasteiger partial charge in [0.15, 0.2) is 17.3 Å². The van der Waals surface area contributed by atoms with Gasteiger partial charge in [-0.2, -0.15) is 4.98 Å². The first kappa shape index (κ1) is 14.7. The lowest BCUT2D eigenvalue weighted by molar-refractivity contribution is 0.355. The molecule has 7 heteroatoms. The van der Waals surface area contributed by atoms with Crippen molar-refractivity contribution in [3.05, 3.63) is 48.0 Å². The van der Waals surface area contributed by atoms with Crippen molar-refractivity contribution in [2.24, 2.45) is 0 Å². The van der Waals surface area contributed by atoms with Crippen molar-refractivity contribution in [2.75, 3.05) is 14.2 Å². The van der Waals surface area contributed by atoms with Crippen molar-refractivity contribution in [3.8, 4) is 17.3 Å². The predicted molar refractivity (Wildman–Crippen MR) is 92.3 cm³/mol. The van der Waals surface area contributed by atoms with Gasteiger partial charge in [-0.15, -0.1) is 0 Å². The lowest BCUT2D eigenvalue weighted by atomic mass is 10.2. The van der Waals surface area contributed by atoms with Crippen LogP contribution >= 0.6 is 11.6 Å². The fraction of sp³-hybridized carbons (Fsp3) is 0.118. The van der Waals surface area contributed by atoms with Crippen LogP contribution in [0.4, 0.5) is 0 Å². The van der Waals surface area contributed by atoms with Crippen LogP contribution in [0.1, 0.15) is 0 Å². The number of halogens is 1. The van der Waals surface area contributed by atoms with Gasteiger partial charge in [0.05, 0.1) is 30.8 Å². The number of methoxy groups -OCH3 is 2. The van der Waals surface area contributed by atoms with Crippen LogP contribution in [0.2, 0.25) is 5.28 Å². The van der Waals surface area contributed by atoms with E-state index in [1.54, 1.807) is 20.5 Å². The average Bonchev–Trinajstić information content (AvgIpc) is 3.02. The summed E-state index contributed by atoms with van der Waals surface area (Å²) >= 11 is 6.10. The van der Waals surface area contributed by atoms with Crippen LogP contribution in [0.15, 0.2) is 42.7 Å². The van der Waals surface area contributed by atoms with Gasteiger partial charge in [0.2, 0.25) is 5.28 Å². The number of rotatable bonds is 3. The minimum Gasteiger partial charge on any atom is -0.493 e. The van der Waals surface area contributed by atoms with Gasteiger partial charge in [-0.1, -0.05) is 12.1 Å². The van der Waals surface area contributed by atoms with E-state index in [2.05, 4.69) is 15.0 Å². The second-order valence-corrected chi connectivity index (χ2v) is 5.48. The van der Waals surface area contributed by atoms with Crippen LogP contribution < -0.4 is 9.47 Å². The molecule has 0 N–H and O–H groups in total. The molecule has 120 valence electrons. The summed E-state index contributed by atoms with van der Waals surface area (Å²) < 4.78 is 12.6. The van der Waals surface area contributed by atoms with Crippen molar-refractivity contribution in [3.63, 3.8) is 0 Å². The third-order valence-corrected chi connectivity index (χ3v) is 4.01. The molecule has 4 aromatic rings. The minimum absolute atomic E-state index is 0.186. The van der Waals surface area contributed by atoms with E-state index in [4.69, 9.17) is 21.1 Å². The lowest BCUT2D eigenvalue weighted by Gasteiger charge is -2.10. The standard InChI is InChI=1S/C17H13ClN4O2/c1-23-14-7-12-13(8-15(14)24-2)22(9-19-12)16-10-5-3-4-6-11(10)20-17(18)21-16/h3-9H,1-2H3. The van der Waals surface area contributed by atoms with Gasteiger partial charge in [-0.3, -0.25) is 4.57 Å². The number of imidazole rings is 1. The summed E-state index contributed by atoms with van der Waals surface area (Å²) in [6.07, 6.45) is 1.70. The van der Waals surface area contributed by atoms with E-state index in [1.165, 1.54) is 0 Å². The maximum absolute atomic E-state index is 6.10. The zero-order valence-electron chi connectivity index (χ0n) is 13.0. The van der Waals surface area contributed by atoms with Gasteiger partial charge in [-0.05, 0) is 23.7 Å². The highest BCUT2D eigenvalue weighted by Crippen LogP contribution is 2.33. The summed E-state index contributed by atoms with van der Waals surface area (Å²) in [7, 11) is 3.19. The van der Waals surface area contributed by atoms with Gasteiger partial charge < -0.3 is 9.47 Å². The van der Waals surface area contributed by atoms with E-state index < -0.39 is 0 Å². The molecule has 0 saturated carbocycles. The van der Waals surface area contributed by atoms with E-state index in [0.717, 1.165) is 21.9 Å². The molecule has 0 radical (unpaired) electrons. The van der Waals surface area contributed by atoms with Gasteiger partial charge in [0.25, 0.3) is 0 Å². The number of ether oxygens (including phenoxy) is 2. The first-order chi connectivity index (χ1) is 11.7. The Morgan fingerprint density at radius 2 is 1.71 bits per heavy atom. The highest BCUT2D eigenvalue weighted by atomic mass is 35.5. The average molecular weight is 341 g/mol. The van der Waals surface area contributed by atoms with Crippen molar-refractivity contribution in [1.29, 1.82) is 0 Å². The van der Waals surface area contributed by atoms with Crippen LogP contribution in [0.3, 0.4) is 0 Å². The van der Waals surface area contributed by atoms with E-state index >= 15 is 0 Å². The van der Waals surface area contributed by atoms with Crippen molar-refractivity contribution in [1.82, 2.24) is 19.5 Å². The summed E-state index contributed by atoms with van der Waals surface area (Å²) in [6, 6.07) is 11.4. The number of para-hydroxylation sites is 1. The minimum atomic E-state index is 0.186. The predicted octanol–water partition coefficient (Wildman–Crippen LogP) is 3.64. The quantitative estimate of drug-likeness (QED) is 0.533. The Morgan fingerprint density at radius 3 is 2.50 bits per heavy atom. The van der Waals surface area contributed by atoms with Crippen LogP contribution in [0, 0.1) is 0 Å². The normalized spacial score (nSPS) is 11.1. The smallest absolute Gasteiger partial charge is 0.224 e. The maximum atomic E-state index is 6.10. The van der Waals surface area contributed by atoms with Gasteiger partial charge >= 0.3 is 0 Å². The Morgan fingerprint density at radius 1 is 0.958 bits per heavy atom. The van der Waals surface area contributed by atoms with E-state index in [9.17, 15) is 0 Å². The number of aromatic nitrogens is 4. The van der Waals surface area contributed by atoms with Crippen molar-refractivity contribution >= 4 is 33.5 Å². The fourth-order valence-electron chi connectivity index (χ4n) is 2.72. The van der Waals surface area contributed by atoms with Crippen molar-refractivity contribution < 1.29 is 9.47 Å². The highest BCUT2D eigenvalue weighted by molar-refractivity contribution is 6.28. The number of hydrogen-bond donors (Lipinski definition) is 0. The summed E-state index contributed by atoms with van der Waals surface area (Å²) in [5.74, 6) is 1.91. The Balaban J connectivity index is 2.04. The molecule has 2 heterocycles. The second kappa shape index (κ2) is 5.65. The molecule has 0 unspecified atom stereocenters. The molecule has 24 heavy (non-hydrogen) atoms. The molecular formula is C17H13ClN4O2. The fourth-order valence-corrected chi connectivity index (χ4v) is 2.89. The first-order valence-corrected chi connectivity index (χ1v) is 7.61. The summed E-state index contributed by atoms with van der Waals surface area (Å²) in [5, 5.41) is 1.07. The molecule has 0 saturated heterocycles. The molecule has 0 aliphatic carbocycles. The molecule has 2 aromatic carbocycles. The molecule has 0 aliphatic heterocycles. The number of benzene rings is 2. The largest absolute Gasteiger partial charge is 0.493 e. The molecule has 0 aliphatic rings. The van der Waals surface area contributed by atoms with E-state index in [-0.39, 0.29) is 5.28 Å². The Kier molecular flexibility index (Phi) is 3.46. The SMILES string of the molecule is COc1cc2ncn(-c3nc(Cl)nc4ccccc34)c2cc1OC. The number of nitrogens with zero attached hydrogens (tertiary/aromatic N) is 4. The molecule has 0 bridgehead atoms. The lowest BCUT2D eigenvalue weighted by Crippen LogP contribution is -2.00. The molecule has 0 amide bonds. The topological polar surface area (TPSA) is 62.1 Å². The van der Waals surface area contributed by atoms with E-state index in [0.29, 0.717) is 17.3 Å². The molecule has 2 aromatic heterocycles. The second-order valence-electron chi connectivity index (χ2n) is 5.14. The van der Waals surface area contributed by atoms with Crippen LogP contribution in [0.25, 0.3) is 27.8 Å². The van der Waals surface area contributed by atoms with E-state index in [1.807, 2.05) is 41.0 Å². The molecule has 0 spiro atoms. The summed E-state index contributed by atoms with van der Waals surface area (Å²) in [6.45, 7) is 0. The van der Waals surface area contributed by atoms with Crippen molar-refractivity contribution in [2.45, 2.75) is 0 Å². The van der Waals surface area contributed by atoms with Gasteiger partial charge in [0, 0.05) is 17.5 Å². The molecule has 0 fully saturated rings. The van der Waals surface area contributed by atoms with Crippen LogP contribution in [0.5, 0.6) is 11.5 Å². The molecule has 6 nitrogen and oxygen atoms in total. The monoisotopic (exact) mass is 340 g/mol. The summed E-state index contributed by atoms with van der Waals surface area (Å²) in [4.78, 5) is 13.1. The Hall–Kier alpha value is -2.86. The first-order valence-electron chi connectivity index (χ1n) is 7.23. The third-order valence-electron chi connectivity index (χ3n) is 3.84. The van der Waals surface area contributed by atoms with Crippen LogP contribution in [-0.2, 0) is 0 Å². The maximum Gasteiger partial charge on any atom is 0.224 e. The van der Waals surface area contributed by atoms with Gasteiger partial charge in [-0.25, -0.2) is 9.97 Å². The molecule has 4 rings (SSSR count). The zero-order chi connectivity index (χ0) is 16.7. The molecular weight excluding hydrogens is 328 g/mol. The Labute approximate surface area is 142 Å². The van der Waals surface area contributed by atoms with Crippen LogP contribution in [-0.4, -0.2) is 33.7 Å². The number of fused-ring (bicyclic) bond motifs is 2. The molecule has 0 atom stereocenters. The highest BCUT2D eigenvalue weighted by Gasteiger charge is 2.15. The third kappa shape index (κ3) is 2.23. The summed E-state index contributed by atoms with van der Waals surface area (Å²) in [5.41, 5.74) is 2.38. The van der Waals surface area contributed by atoms with Gasteiger partial charge in [0.1, 0.15) is 6.33 Å². The Bertz CT molecular complexity index is 1060. The number of hydrogen-bond acceptors (Lipinski definition) is 5.